The van der Waals surface area contributed by atoms with E-state index in [1.54, 1.807) is 41.2 Å². The van der Waals surface area contributed by atoms with Crippen molar-refractivity contribution in [3.8, 4) is 6.07 Å². The Morgan fingerprint density at radius 1 is 1.40 bits per heavy atom. The van der Waals surface area contributed by atoms with Gasteiger partial charge in [0.1, 0.15) is 17.5 Å². The summed E-state index contributed by atoms with van der Waals surface area (Å²) < 4.78 is 6.88. The quantitative estimate of drug-likeness (QED) is 0.767. The average molecular weight is 267 g/mol. The molecule has 3 aromatic rings. The van der Waals surface area contributed by atoms with Crippen LogP contribution in [0.2, 0.25) is 0 Å². The molecule has 0 aliphatic rings. The molecule has 98 valence electrons. The Bertz CT molecular complexity index is 811. The number of nitrogens with one attached hydrogen (secondary N) is 1. The Hall–Kier alpha value is -3.14. The van der Waals surface area contributed by atoms with Gasteiger partial charge in [0.05, 0.1) is 6.54 Å². The molecule has 1 N–H and O–H groups in total. The minimum atomic E-state index is -0.328. The van der Waals surface area contributed by atoms with Gasteiger partial charge >= 0.3 is 0 Å². The van der Waals surface area contributed by atoms with Crippen molar-refractivity contribution in [2.75, 3.05) is 0 Å². The lowest BCUT2D eigenvalue weighted by atomic mass is 10.3. The molecule has 0 bridgehead atoms. The molecule has 0 aromatic carbocycles. The van der Waals surface area contributed by atoms with Gasteiger partial charge in [0.2, 0.25) is 11.5 Å². The molecule has 0 aliphatic heterocycles. The van der Waals surface area contributed by atoms with Crippen molar-refractivity contribution in [3.63, 3.8) is 0 Å². The Labute approximate surface area is 113 Å². The SMILES string of the molecule is N#Cc1ccc(CNC(=O)c2ccn3ccnc3n2)o1. The standard InChI is InChI=1S/C13H9N5O2/c14-7-9-1-2-10(20-9)8-16-12(19)11-3-5-18-6-4-15-13(18)17-11/h1-6H,8H2,(H,16,19). The summed E-state index contributed by atoms with van der Waals surface area (Å²) in [4.78, 5) is 20.1. The highest BCUT2D eigenvalue weighted by Crippen LogP contribution is 2.06. The first-order chi connectivity index (χ1) is 9.76. The van der Waals surface area contributed by atoms with Crippen LogP contribution in [-0.4, -0.2) is 20.3 Å². The maximum absolute atomic E-state index is 11.9. The number of aromatic nitrogens is 3. The summed E-state index contributed by atoms with van der Waals surface area (Å²) in [6.07, 6.45) is 5.07. The van der Waals surface area contributed by atoms with E-state index in [0.717, 1.165) is 0 Å². The van der Waals surface area contributed by atoms with Crippen LogP contribution in [0.15, 0.2) is 41.2 Å². The molecule has 0 saturated heterocycles. The maximum atomic E-state index is 11.9. The topological polar surface area (TPSA) is 96.2 Å². The number of rotatable bonds is 3. The van der Waals surface area contributed by atoms with E-state index >= 15 is 0 Å². The van der Waals surface area contributed by atoms with Crippen molar-refractivity contribution in [1.82, 2.24) is 19.7 Å². The molecule has 3 heterocycles. The summed E-state index contributed by atoms with van der Waals surface area (Å²) in [6, 6.07) is 6.68. The molecule has 3 aromatic heterocycles. The average Bonchev–Trinajstić information content (AvgIpc) is 3.12. The first-order valence-electron chi connectivity index (χ1n) is 5.83. The molecule has 1 amide bonds. The van der Waals surface area contributed by atoms with Crippen molar-refractivity contribution in [1.29, 1.82) is 5.26 Å². The predicted octanol–water partition coefficient (Wildman–Crippen LogP) is 1.12. The number of carbonyl (C=O) groups excluding carboxylic acids is 1. The van der Waals surface area contributed by atoms with Crippen LogP contribution in [0.4, 0.5) is 0 Å². The molecule has 0 spiro atoms. The molecule has 0 unspecified atom stereocenters. The smallest absolute Gasteiger partial charge is 0.270 e. The van der Waals surface area contributed by atoms with Crippen molar-refractivity contribution in [3.05, 3.63) is 54.0 Å². The zero-order valence-electron chi connectivity index (χ0n) is 10.3. The Kier molecular flexibility index (Phi) is 2.89. The Morgan fingerprint density at radius 3 is 3.10 bits per heavy atom. The number of carbonyl (C=O) groups is 1. The highest BCUT2D eigenvalue weighted by atomic mass is 16.3. The van der Waals surface area contributed by atoms with Crippen LogP contribution in [0.3, 0.4) is 0 Å². The lowest BCUT2D eigenvalue weighted by Crippen LogP contribution is -2.23. The second kappa shape index (κ2) is 4.85. The fourth-order valence-corrected chi connectivity index (χ4v) is 1.72. The zero-order chi connectivity index (χ0) is 13.9. The summed E-state index contributed by atoms with van der Waals surface area (Å²) in [5, 5.41) is 11.3. The Morgan fingerprint density at radius 2 is 2.30 bits per heavy atom. The van der Waals surface area contributed by atoms with E-state index in [0.29, 0.717) is 11.5 Å². The largest absolute Gasteiger partial charge is 0.449 e. The fourth-order valence-electron chi connectivity index (χ4n) is 1.72. The van der Waals surface area contributed by atoms with Crippen molar-refractivity contribution in [2.24, 2.45) is 0 Å². The lowest BCUT2D eigenvalue weighted by Gasteiger charge is -2.02. The third-order valence-electron chi connectivity index (χ3n) is 2.69. The van der Waals surface area contributed by atoms with Gasteiger partial charge in [-0.1, -0.05) is 0 Å². The summed E-state index contributed by atoms with van der Waals surface area (Å²) in [5.41, 5.74) is 0.274. The number of nitriles is 1. The summed E-state index contributed by atoms with van der Waals surface area (Å²) in [7, 11) is 0. The molecule has 0 fully saturated rings. The van der Waals surface area contributed by atoms with Crippen LogP contribution in [0.1, 0.15) is 22.0 Å². The molecule has 0 atom stereocenters. The number of hydrogen-bond acceptors (Lipinski definition) is 5. The number of imidazole rings is 1. The second-order valence-electron chi connectivity index (χ2n) is 4.01. The van der Waals surface area contributed by atoms with Gasteiger partial charge in [0.25, 0.3) is 5.91 Å². The van der Waals surface area contributed by atoms with Gasteiger partial charge in [-0.3, -0.25) is 9.20 Å². The highest BCUT2D eigenvalue weighted by molar-refractivity contribution is 5.92. The van der Waals surface area contributed by atoms with Crippen LogP contribution in [0, 0.1) is 11.3 Å². The molecule has 20 heavy (non-hydrogen) atoms. The van der Waals surface area contributed by atoms with E-state index in [1.807, 2.05) is 6.07 Å². The molecule has 7 heteroatoms. The van der Waals surface area contributed by atoms with Crippen LogP contribution >= 0.6 is 0 Å². The van der Waals surface area contributed by atoms with E-state index in [4.69, 9.17) is 9.68 Å². The summed E-state index contributed by atoms with van der Waals surface area (Å²) in [5.74, 6) is 0.857. The third-order valence-corrected chi connectivity index (χ3v) is 2.69. The molecule has 0 aliphatic carbocycles. The van der Waals surface area contributed by atoms with E-state index in [1.165, 1.54) is 0 Å². The normalized spacial score (nSPS) is 10.3. The summed E-state index contributed by atoms with van der Waals surface area (Å²) >= 11 is 0. The third kappa shape index (κ3) is 2.22. The van der Waals surface area contributed by atoms with Crippen molar-refractivity contribution < 1.29 is 9.21 Å². The van der Waals surface area contributed by atoms with Gasteiger partial charge in [-0.15, -0.1) is 0 Å². The minimum Gasteiger partial charge on any atom is -0.449 e. The second-order valence-corrected chi connectivity index (χ2v) is 4.01. The van der Waals surface area contributed by atoms with E-state index in [2.05, 4.69) is 15.3 Å². The maximum Gasteiger partial charge on any atom is 0.270 e. The van der Waals surface area contributed by atoms with Gasteiger partial charge < -0.3 is 9.73 Å². The zero-order valence-corrected chi connectivity index (χ0v) is 10.3. The predicted molar refractivity (Wildman–Crippen MR) is 67.6 cm³/mol. The van der Waals surface area contributed by atoms with Crippen molar-refractivity contribution >= 4 is 11.7 Å². The number of nitrogens with zero attached hydrogens (tertiary/aromatic N) is 4. The number of amides is 1. The number of furan rings is 1. The molecule has 3 rings (SSSR count). The number of hydrogen-bond donors (Lipinski definition) is 1. The molecular weight excluding hydrogens is 258 g/mol. The van der Waals surface area contributed by atoms with Gasteiger partial charge in [0.15, 0.2) is 0 Å². The van der Waals surface area contributed by atoms with Crippen LogP contribution in [0.5, 0.6) is 0 Å². The van der Waals surface area contributed by atoms with Gasteiger partial charge in [-0.05, 0) is 18.2 Å². The first-order valence-corrected chi connectivity index (χ1v) is 5.83. The van der Waals surface area contributed by atoms with Crippen molar-refractivity contribution in [2.45, 2.75) is 6.54 Å². The monoisotopic (exact) mass is 267 g/mol. The van der Waals surface area contributed by atoms with E-state index in [-0.39, 0.29) is 23.9 Å². The van der Waals surface area contributed by atoms with Crippen LogP contribution < -0.4 is 5.32 Å². The van der Waals surface area contributed by atoms with Crippen LogP contribution in [-0.2, 0) is 6.54 Å². The van der Waals surface area contributed by atoms with E-state index < -0.39 is 0 Å². The highest BCUT2D eigenvalue weighted by Gasteiger charge is 2.09. The van der Waals surface area contributed by atoms with Gasteiger partial charge in [-0.25, -0.2) is 9.97 Å². The minimum absolute atomic E-state index is 0.196. The molecule has 7 nitrogen and oxygen atoms in total. The first kappa shape index (κ1) is 11.9. The van der Waals surface area contributed by atoms with Gasteiger partial charge in [-0.2, -0.15) is 5.26 Å². The lowest BCUT2D eigenvalue weighted by molar-refractivity contribution is 0.0943. The fraction of sp³-hybridized carbons (Fsp3) is 0.0769. The molecular formula is C13H9N5O2. The number of fused-ring (bicyclic) bond motifs is 1. The Balaban J connectivity index is 1.71. The summed E-state index contributed by atoms with van der Waals surface area (Å²) in [6.45, 7) is 0.196. The molecule has 0 saturated carbocycles. The van der Waals surface area contributed by atoms with Gasteiger partial charge in [0, 0.05) is 18.6 Å². The van der Waals surface area contributed by atoms with Crippen LogP contribution in [0.25, 0.3) is 5.78 Å². The van der Waals surface area contributed by atoms with E-state index in [9.17, 15) is 4.79 Å². The molecule has 0 radical (unpaired) electrons.